The highest BCUT2D eigenvalue weighted by Crippen LogP contribution is 2.27. The summed E-state index contributed by atoms with van der Waals surface area (Å²) in [5.41, 5.74) is 1.07. The first-order valence-corrected chi connectivity index (χ1v) is 9.88. The molecule has 3 rings (SSSR count). The molecule has 0 radical (unpaired) electrons. The molecular formula is C23H25N3O4. The van der Waals surface area contributed by atoms with E-state index >= 15 is 0 Å². The van der Waals surface area contributed by atoms with Gasteiger partial charge in [-0.3, -0.25) is 9.59 Å². The summed E-state index contributed by atoms with van der Waals surface area (Å²) in [6.45, 7) is 6.48. The van der Waals surface area contributed by atoms with Gasteiger partial charge >= 0.3 is 6.03 Å². The highest BCUT2D eigenvalue weighted by Gasteiger charge is 2.46. The number of urea groups is 1. The van der Waals surface area contributed by atoms with Crippen LogP contribution in [0, 0.1) is 0 Å². The van der Waals surface area contributed by atoms with E-state index in [1.165, 1.54) is 4.90 Å². The molecular weight excluding hydrogens is 382 g/mol. The number of imide groups is 1. The van der Waals surface area contributed by atoms with Gasteiger partial charge in [0.2, 0.25) is 5.91 Å². The Morgan fingerprint density at radius 2 is 1.83 bits per heavy atom. The molecule has 1 unspecified atom stereocenters. The number of amides is 4. The van der Waals surface area contributed by atoms with E-state index in [1.54, 1.807) is 60.7 Å². The first-order valence-electron chi connectivity index (χ1n) is 9.88. The molecule has 1 atom stereocenters. The standard InChI is InChI=1S/C23H25N3O4/c1-3-14-25-20(22(28)26(23(25)29)18-8-6-5-7-9-18)16-21(27)24-17-10-12-19(13-11-17)30-15-4-2/h3,5-13,20H,1,4,14-16H2,2H3,(H,24,27). The molecule has 1 fully saturated rings. The first-order chi connectivity index (χ1) is 14.5. The predicted octanol–water partition coefficient (Wildman–Crippen LogP) is 3.83. The van der Waals surface area contributed by atoms with E-state index in [1.807, 2.05) is 6.92 Å². The number of para-hydroxylation sites is 1. The molecule has 0 spiro atoms. The monoisotopic (exact) mass is 407 g/mol. The molecule has 1 N–H and O–H groups in total. The lowest BCUT2D eigenvalue weighted by molar-refractivity contribution is -0.124. The number of anilines is 2. The van der Waals surface area contributed by atoms with E-state index in [0.29, 0.717) is 18.0 Å². The molecule has 156 valence electrons. The minimum Gasteiger partial charge on any atom is -0.494 e. The summed E-state index contributed by atoms with van der Waals surface area (Å²) < 4.78 is 5.53. The number of carbonyl (C=O) groups excluding carboxylic acids is 3. The lowest BCUT2D eigenvalue weighted by atomic mass is 10.1. The van der Waals surface area contributed by atoms with Gasteiger partial charge in [-0.25, -0.2) is 9.69 Å². The van der Waals surface area contributed by atoms with E-state index in [4.69, 9.17) is 4.74 Å². The van der Waals surface area contributed by atoms with Crippen molar-refractivity contribution in [1.29, 1.82) is 0 Å². The Morgan fingerprint density at radius 3 is 2.47 bits per heavy atom. The van der Waals surface area contributed by atoms with Crippen LogP contribution in [0.4, 0.5) is 16.2 Å². The fourth-order valence-corrected chi connectivity index (χ4v) is 3.24. The fraction of sp³-hybridized carbons (Fsp3) is 0.261. The zero-order chi connectivity index (χ0) is 21.5. The number of rotatable bonds is 9. The molecule has 2 aromatic rings. The summed E-state index contributed by atoms with van der Waals surface area (Å²) in [7, 11) is 0. The highest BCUT2D eigenvalue weighted by molar-refractivity contribution is 6.22. The highest BCUT2D eigenvalue weighted by atomic mass is 16.5. The third kappa shape index (κ3) is 4.68. The van der Waals surface area contributed by atoms with Crippen LogP contribution in [-0.2, 0) is 9.59 Å². The van der Waals surface area contributed by atoms with E-state index in [0.717, 1.165) is 17.1 Å². The number of nitrogens with zero attached hydrogens (tertiary/aromatic N) is 2. The Balaban J connectivity index is 1.70. The van der Waals surface area contributed by atoms with Crippen molar-refractivity contribution in [1.82, 2.24) is 4.90 Å². The average Bonchev–Trinajstić information content (AvgIpc) is 2.98. The lowest BCUT2D eigenvalue weighted by Gasteiger charge is -2.19. The fourth-order valence-electron chi connectivity index (χ4n) is 3.24. The summed E-state index contributed by atoms with van der Waals surface area (Å²) in [5, 5.41) is 2.78. The maximum absolute atomic E-state index is 13.0. The third-order valence-corrected chi connectivity index (χ3v) is 4.65. The van der Waals surface area contributed by atoms with Crippen LogP contribution in [0.5, 0.6) is 5.75 Å². The Kier molecular flexibility index (Phi) is 6.85. The van der Waals surface area contributed by atoms with Crippen LogP contribution in [-0.4, -0.2) is 41.9 Å². The predicted molar refractivity (Wildman–Crippen MR) is 115 cm³/mol. The van der Waals surface area contributed by atoms with Crippen molar-refractivity contribution in [3.63, 3.8) is 0 Å². The SMILES string of the molecule is C=CCN1C(=O)N(c2ccccc2)C(=O)C1CC(=O)Nc1ccc(OCCC)cc1. The van der Waals surface area contributed by atoms with Crippen LogP contribution >= 0.6 is 0 Å². The summed E-state index contributed by atoms with van der Waals surface area (Å²) >= 11 is 0. The van der Waals surface area contributed by atoms with Crippen LogP contribution in [0.3, 0.4) is 0 Å². The number of benzene rings is 2. The second-order valence-corrected chi connectivity index (χ2v) is 6.87. The van der Waals surface area contributed by atoms with Crippen LogP contribution in [0.25, 0.3) is 0 Å². The quantitative estimate of drug-likeness (QED) is 0.506. The van der Waals surface area contributed by atoms with Gasteiger partial charge in [-0.1, -0.05) is 31.2 Å². The maximum Gasteiger partial charge on any atom is 0.332 e. The number of ether oxygens (including phenoxy) is 1. The van der Waals surface area contributed by atoms with Gasteiger partial charge in [-0.2, -0.15) is 0 Å². The smallest absolute Gasteiger partial charge is 0.332 e. The molecule has 7 nitrogen and oxygen atoms in total. The molecule has 1 aliphatic heterocycles. The first kappa shape index (κ1) is 21.1. The molecule has 0 saturated carbocycles. The van der Waals surface area contributed by atoms with E-state index < -0.39 is 18.0 Å². The number of hydrogen-bond donors (Lipinski definition) is 1. The van der Waals surface area contributed by atoms with Gasteiger partial charge in [0.05, 0.1) is 18.7 Å². The van der Waals surface area contributed by atoms with Crippen molar-refractivity contribution in [2.24, 2.45) is 0 Å². The zero-order valence-electron chi connectivity index (χ0n) is 16.9. The number of nitrogens with one attached hydrogen (secondary N) is 1. The second-order valence-electron chi connectivity index (χ2n) is 6.87. The van der Waals surface area contributed by atoms with E-state index in [9.17, 15) is 14.4 Å². The topological polar surface area (TPSA) is 79.0 Å². The van der Waals surface area contributed by atoms with Crippen molar-refractivity contribution >= 4 is 29.2 Å². The van der Waals surface area contributed by atoms with Crippen molar-refractivity contribution in [2.45, 2.75) is 25.8 Å². The number of carbonyl (C=O) groups is 3. The van der Waals surface area contributed by atoms with Crippen molar-refractivity contribution in [2.75, 3.05) is 23.4 Å². The van der Waals surface area contributed by atoms with Crippen LogP contribution in [0.15, 0.2) is 67.3 Å². The second kappa shape index (κ2) is 9.73. The molecule has 1 saturated heterocycles. The van der Waals surface area contributed by atoms with Crippen molar-refractivity contribution in [3.05, 3.63) is 67.3 Å². The van der Waals surface area contributed by atoms with Gasteiger partial charge in [0.25, 0.3) is 5.91 Å². The number of hydrogen-bond acceptors (Lipinski definition) is 4. The molecule has 0 bridgehead atoms. The minimum absolute atomic E-state index is 0.143. The molecule has 2 aromatic carbocycles. The van der Waals surface area contributed by atoms with Crippen molar-refractivity contribution < 1.29 is 19.1 Å². The van der Waals surface area contributed by atoms with Gasteiger partial charge in [-0.15, -0.1) is 6.58 Å². The Morgan fingerprint density at radius 1 is 1.13 bits per heavy atom. The van der Waals surface area contributed by atoms with Gasteiger partial charge in [0, 0.05) is 12.2 Å². The largest absolute Gasteiger partial charge is 0.494 e. The summed E-state index contributed by atoms with van der Waals surface area (Å²) in [6.07, 6.45) is 2.31. The van der Waals surface area contributed by atoms with Crippen LogP contribution < -0.4 is 15.0 Å². The van der Waals surface area contributed by atoms with Gasteiger partial charge in [-0.05, 0) is 42.8 Å². The van der Waals surface area contributed by atoms with E-state index in [2.05, 4.69) is 11.9 Å². The van der Waals surface area contributed by atoms with Crippen LogP contribution in [0.2, 0.25) is 0 Å². The summed E-state index contributed by atoms with van der Waals surface area (Å²) in [5.74, 6) is -0.0547. The van der Waals surface area contributed by atoms with Gasteiger partial charge in [0.15, 0.2) is 0 Å². The van der Waals surface area contributed by atoms with E-state index in [-0.39, 0.29) is 18.9 Å². The minimum atomic E-state index is -0.886. The van der Waals surface area contributed by atoms with Gasteiger partial charge < -0.3 is 15.0 Å². The molecule has 30 heavy (non-hydrogen) atoms. The van der Waals surface area contributed by atoms with Crippen LogP contribution in [0.1, 0.15) is 19.8 Å². The molecule has 0 aliphatic carbocycles. The Hall–Kier alpha value is -3.61. The van der Waals surface area contributed by atoms with Gasteiger partial charge in [0.1, 0.15) is 11.8 Å². The summed E-state index contributed by atoms with van der Waals surface area (Å²) in [4.78, 5) is 40.9. The molecule has 1 aliphatic rings. The summed E-state index contributed by atoms with van der Waals surface area (Å²) in [6, 6.07) is 14.4. The third-order valence-electron chi connectivity index (χ3n) is 4.65. The van der Waals surface area contributed by atoms with Crippen molar-refractivity contribution in [3.8, 4) is 5.75 Å². The Labute approximate surface area is 175 Å². The molecule has 4 amide bonds. The molecule has 1 heterocycles. The lowest BCUT2D eigenvalue weighted by Crippen LogP contribution is -2.38. The molecule has 0 aromatic heterocycles. The zero-order valence-corrected chi connectivity index (χ0v) is 16.9. The maximum atomic E-state index is 13.0. The normalized spacial score (nSPS) is 16.0. The molecule has 7 heteroatoms. The average molecular weight is 407 g/mol. The Bertz CT molecular complexity index is 912.